The zero-order chi connectivity index (χ0) is 23.3. The van der Waals surface area contributed by atoms with Gasteiger partial charge in [-0.2, -0.15) is 0 Å². The number of halogens is 1. The first kappa shape index (κ1) is 26.5. The minimum absolute atomic E-state index is 0.0163. The Labute approximate surface area is 204 Å². The summed E-state index contributed by atoms with van der Waals surface area (Å²) in [5.74, 6) is 2.95. The summed E-state index contributed by atoms with van der Waals surface area (Å²) in [6.45, 7) is 4.53. The average molecular weight is 455 g/mol. The van der Waals surface area contributed by atoms with Crippen molar-refractivity contribution in [3.05, 3.63) is 46.8 Å². The van der Waals surface area contributed by atoms with Gasteiger partial charge in [-0.05, 0) is 92.7 Å². The van der Waals surface area contributed by atoms with Crippen molar-refractivity contribution in [2.24, 2.45) is 17.8 Å². The van der Waals surface area contributed by atoms with Gasteiger partial charge in [-0.3, -0.25) is 0 Å². The van der Waals surface area contributed by atoms with E-state index in [4.69, 9.17) is 0 Å². The van der Waals surface area contributed by atoms with Gasteiger partial charge >= 0.3 is 0 Å². The van der Waals surface area contributed by atoms with Crippen molar-refractivity contribution < 1.29 is 4.39 Å². The van der Waals surface area contributed by atoms with Crippen LogP contribution in [0.1, 0.15) is 134 Å². The van der Waals surface area contributed by atoms with Crippen LogP contribution in [-0.2, 0) is 12.8 Å². The highest BCUT2D eigenvalue weighted by Crippen LogP contribution is 2.41. The Bertz CT molecular complexity index is 694. The van der Waals surface area contributed by atoms with Crippen LogP contribution in [0.2, 0.25) is 0 Å². The molecule has 2 aliphatic rings. The number of aryl methyl sites for hydroxylation is 2. The highest BCUT2D eigenvalue weighted by atomic mass is 19.1. The van der Waals surface area contributed by atoms with Gasteiger partial charge in [0.05, 0.1) is 0 Å². The maximum Gasteiger partial charge on any atom is 0.126 e. The molecule has 0 aliphatic heterocycles. The molecule has 1 atom stereocenters. The number of rotatable bonds is 14. The molecule has 1 fully saturated rings. The molecule has 2 aliphatic carbocycles. The minimum Gasteiger partial charge on any atom is -0.207 e. The SMILES string of the molecule is CCCCCCc1ccc(CCC2=CCC([C@H]3CC[C@H](CCCCCC)CC3)CC2)cc1F. The third kappa shape index (κ3) is 9.22. The lowest BCUT2D eigenvalue weighted by Gasteiger charge is -2.35. The van der Waals surface area contributed by atoms with E-state index in [0.29, 0.717) is 0 Å². The van der Waals surface area contributed by atoms with Crippen LogP contribution in [0.3, 0.4) is 0 Å². The van der Waals surface area contributed by atoms with Crippen molar-refractivity contribution >= 4 is 0 Å². The van der Waals surface area contributed by atoms with Crippen LogP contribution in [0, 0.1) is 23.6 Å². The summed E-state index contributed by atoms with van der Waals surface area (Å²) in [5.41, 5.74) is 3.70. The fourth-order valence-electron chi connectivity index (χ4n) is 6.37. The monoisotopic (exact) mass is 454 g/mol. The molecule has 33 heavy (non-hydrogen) atoms. The lowest BCUT2D eigenvalue weighted by atomic mass is 9.70. The first-order valence-electron chi connectivity index (χ1n) is 14.6. The molecular formula is C32H51F. The van der Waals surface area contributed by atoms with E-state index in [1.807, 2.05) is 12.1 Å². The maximum absolute atomic E-state index is 14.5. The van der Waals surface area contributed by atoms with Crippen LogP contribution < -0.4 is 0 Å². The first-order valence-corrected chi connectivity index (χ1v) is 14.6. The topological polar surface area (TPSA) is 0 Å². The van der Waals surface area contributed by atoms with E-state index in [-0.39, 0.29) is 5.82 Å². The highest BCUT2D eigenvalue weighted by molar-refractivity contribution is 5.25. The molecule has 1 aromatic rings. The number of benzene rings is 1. The van der Waals surface area contributed by atoms with E-state index in [0.717, 1.165) is 49.0 Å². The van der Waals surface area contributed by atoms with Gasteiger partial charge in [0.2, 0.25) is 0 Å². The molecule has 0 radical (unpaired) electrons. The van der Waals surface area contributed by atoms with Gasteiger partial charge in [-0.1, -0.05) is 102 Å². The van der Waals surface area contributed by atoms with E-state index in [1.165, 1.54) is 102 Å². The van der Waals surface area contributed by atoms with E-state index >= 15 is 0 Å². The maximum atomic E-state index is 14.5. The summed E-state index contributed by atoms with van der Waals surface area (Å²) < 4.78 is 14.5. The van der Waals surface area contributed by atoms with Gasteiger partial charge in [-0.25, -0.2) is 4.39 Å². The second-order valence-corrected chi connectivity index (χ2v) is 11.3. The fourth-order valence-corrected chi connectivity index (χ4v) is 6.37. The van der Waals surface area contributed by atoms with Crippen molar-refractivity contribution in [3.63, 3.8) is 0 Å². The normalized spacial score (nSPS) is 23.5. The highest BCUT2D eigenvalue weighted by Gasteiger charge is 2.28. The molecule has 0 bridgehead atoms. The fraction of sp³-hybridized carbons (Fsp3) is 0.750. The molecular weight excluding hydrogens is 403 g/mol. The van der Waals surface area contributed by atoms with Crippen molar-refractivity contribution in [2.75, 3.05) is 0 Å². The number of unbranched alkanes of at least 4 members (excludes halogenated alkanes) is 6. The Kier molecular flexibility index (Phi) is 12.0. The third-order valence-electron chi connectivity index (χ3n) is 8.72. The number of hydrogen-bond donors (Lipinski definition) is 0. The van der Waals surface area contributed by atoms with Crippen LogP contribution in [0.25, 0.3) is 0 Å². The molecule has 1 saturated carbocycles. The van der Waals surface area contributed by atoms with Crippen molar-refractivity contribution in [2.45, 2.75) is 136 Å². The zero-order valence-electron chi connectivity index (χ0n) is 21.9. The largest absolute Gasteiger partial charge is 0.207 e. The van der Waals surface area contributed by atoms with Crippen molar-refractivity contribution in [3.8, 4) is 0 Å². The molecule has 0 aromatic heterocycles. The summed E-state index contributed by atoms with van der Waals surface area (Å²) in [6, 6.07) is 6.02. The molecule has 0 amide bonds. The summed E-state index contributed by atoms with van der Waals surface area (Å²) in [4.78, 5) is 0. The standard InChI is InChI=1S/C32H51F/c1-3-5-7-9-11-26-15-20-29(21-16-26)30-22-17-27(18-23-30)13-14-28-19-24-31(32(33)25-28)12-10-8-6-4-2/h17,19,24-26,29-30H,3-16,18,20-23H2,1-2H3/t26-,29-,30?. The molecule has 186 valence electrons. The van der Waals surface area contributed by atoms with Crippen molar-refractivity contribution in [1.82, 2.24) is 0 Å². The van der Waals surface area contributed by atoms with Gasteiger partial charge in [0.25, 0.3) is 0 Å². The van der Waals surface area contributed by atoms with Crippen LogP contribution >= 0.6 is 0 Å². The van der Waals surface area contributed by atoms with Crippen molar-refractivity contribution in [1.29, 1.82) is 0 Å². The Hall–Kier alpha value is -1.11. The first-order chi connectivity index (χ1) is 16.2. The molecule has 0 N–H and O–H groups in total. The quantitative estimate of drug-likeness (QED) is 0.194. The number of hydrogen-bond acceptors (Lipinski definition) is 0. The molecule has 1 unspecified atom stereocenters. The van der Waals surface area contributed by atoms with E-state index in [1.54, 1.807) is 5.57 Å². The molecule has 1 heteroatoms. The van der Waals surface area contributed by atoms with E-state index in [9.17, 15) is 4.39 Å². The predicted octanol–water partition coefficient (Wildman–Crippen LogP) is 10.4. The van der Waals surface area contributed by atoms with E-state index in [2.05, 4.69) is 26.0 Å². The summed E-state index contributed by atoms with van der Waals surface area (Å²) in [6.07, 6.45) is 27.5. The van der Waals surface area contributed by atoms with Gasteiger partial charge in [0, 0.05) is 0 Å². The molecule has 0 saturated heterocycles. The Balaban J connectivity index is 1.35. The molecule has 3 rings (SSSR count). The smallest absolute Gasteiger partial charge is 0.126 e. The van der Waals surface area contributed by atoms with Crippen LogP contribution in [0.15, 0.2) is 29.8 Å². The molecule has 0 heterocycles. The summed E-state index contributed by atoms with van der Waals surface area (Å²) in [7, 11) is 0. The second kappa shape index (κ2) is 15.0. The summed E-state index contributed by atoms with van der Waals surface area (Å²) in [5, 5.41) is 0. The van der Waals surface area contributed by atoms with Crippen LogP contribution in [0.4, 0.5) is 4.39 Å². The van der Waals surface area contributed by atoms with Gasteiger partial charge in [-0.15, -0.1) is 0 Å². The second-order valence-electron chi connectivity index (χ2n) is 11.3. The Morgan fingerprint density at radius 2 is 1.52 bits per heavy atom. The van der Waals surface area contributed by atoms with Gasteiger partial charge < -0.3 is 0 Å². The Morgan fingerprint density at radius 3 is 2.18 bits per heavy atom. The minimum atomic E-state index is 0.0163. The lowest BCUT2D eigenvalue weighted by molar-refractivity contribution is 0.185. The zero-order valence-corrected chi connectivity index (χ0v) is 21.9. The molecule has 1 aromatic carbocycles. The third-order valence-corrected chi connectivity index (χ3v) is 8.72. The molecule has 0 spiro atoms. The average Bonchev–Trinajstić information content (AvgIpc) is 2.85. The Morgan fingerprint density at radius 1 is 0.758 bits per heavy atom. The van der Waals surface area contributed by atoms with Gasteiger partial charge in [0.1, 0.15) is 5.82 Å². The predicted molar refractivity (Wildman–Crippen MR) is 142 cm³/mol. The summed E-state index contributed by atoms with van der Waals surface area (Å²) >= 11 is 0. The van der Waals surface area contributed by atoms with Crippen LogP contribution in [-0.4, -0.2) is 0 Å². The van der Waals surface area contributed by atoms with Crippen LogP contribution in [0.5, 0.6) is 0 Å². The van der Waals surface area contributed by atoms with Gasteiger partial charge in [0.15, 0.2) is 0 Å². The number of allylic oxidation sites excluding steroid dienone is 2. The molecule has 0 nitrogen and oxygen atoms in total. The van der Waals surface area contributed by atoms with E-state index < -0.39 is 0 Å². The lowest BCUT2D eigenvalue weighted by Crippen LogP contribution is -2.23.